The van der Waals surface area contributed by atoms with E-state index in [-0.39, 0.29) is 35.8 Å². The fraction of sp³-hybridized carbons (Fsp3) is 0.611. The molecule has 0 spiro atoms. The first-order valence-electron chi connectivity index (χ1n) is 8.76. The van der Waals surface area contributed by atoms with Crippen LogP contribution in [0.25, 0.3) is 0 Å². The number of rotatable bonds is 10. The van der Waals surface area contributed by atoms with E-state index in [0.717, 1.165) is 5.56 Å². The zero-order chi connectivity index (χ0) is 20.4. The first-order valence-corrected chi connectivity index (χ1v) is 10.8. The third-order valence-electron chi connectivity index (χ3n) is 3.84. The molecule has 0 bridgehead atoms. The molecule has 0 amide bonds. The summed E-state index contributed by atoms with van der Waals surface area (Å²) in [6.07, 6.45) is 1.74. The van der Waals surface area contributed by atoms with E-state index in [4.69, 9.17) is 14.2 Å². The molecule has 2 N–H and O–H groups in total. The Hall–Kier alpha value is -1.43. The maximum absolute atomic E-state index is 11.3. The van der Waals surface area contributed by atoms with Crippen molar-refractivity contribution in [3.05, 3.63) is 17.7 Å². The van der Waals surface area contributed by atoms with Crippen LogP contribution < -0.4 is 24.8 Å². The van der Waals surface area contributed by atoms with Crippen molar-refractivity contribution in [1.29, 1.82) is 0 Å². The molecule has 0 aromatic heterocycles. The summed E-state index contributed by atoms with van der Waals surface area (Å²) in [5, 5.41) is 6.39. The van der Waals surface area contributed by atoms with Crippen molar-refractivity contribution in [2.45, 2.75) is 32.9 Å². The first-order chi connectivity index (χ1) is 12.8. The summed E-state index contributed by atoms with van der Waals surface area (Å²) in [5.41, 5.74) is 0.844. The minimum Gasteiger partial charge on any atom is -0.493 e. The Balaban J connectivity index is 0.00000729. The lowest BCUT2D eigenvalue weighted by atomic mass is 10.1. The average molecular weight is 529 g/mol. The van der Waals surface area contributed by atoms with Crippen LogP contribution >= 0.6 is 24.0 Å². The van der Waals surface area contributed by atoms with Crippen LogP contribution in [0.2, 0.25) is 0 Å². The van der Waals surface area contributed by atoms with Gasteiger partial charge in [0.15, 0.2) is 17.5 Å². The van der Waals surface area contributed by atoms with E-state index in [9.17, 15) is 8.42 Å². The molecule has 0 fully saturated rings. The molecule has 0 saturated carbocycles. The van der Waals surface area contributed by atoms with Gasteiger partial charge in [0.2, 0.25) is 5.75 Å². The fourth-order valence-electron chi connectivity index (χ4n) is 2.47. The number of hydrogen-bond donors (Lipinski definition) is 2. The van der Waals surface area contributed by atoms with Crippen molar-refractivity contribution < 1.29 is 22.6 Å². The Bertz CT molecular complexity index is 741. The van der Waals surface area contributed by atoms with Crippen molar-refractivity contribution in [3.8, 4) is 17.2 Å². The number of nitrogens with one attached hydrogen (secondary N) is 2. The van der Waals surface area contributed by atoms with Crippen LogP contribution in [0.3, 0.4) is 0 Å². The van der Waals surface area contributed by atoms with E-state index in [1.807, 2.05) is 19.9 Å². The van der Waals surface area contributed by atoms with Crippen LogP contribution in [0.4, 0.5) is 0 Å². The molecule has 1 aromatic carbocycles. The van der Waals surface area contributed by atoms with Gasteiger partial charge in [-0.15, -0.1) is 24.0 Å². The van der Waals surface area contributed by atoms with Crippen molar-refractivity contribution in [3.63, 3.8) is 0 Å². The van der Waals surface area contributed by atoms with E-state index < -0.39 is 9.84 Å². The molecule has 1 unspecified atom stereocenters. The number of benzene rings is 1. The Labute approximate surface area is 185 Å². The third-order valence-corrected chi connectivity index (χ3v) is 4.82. The first kappa shape index (κ1) is 26.6. The lowest BCUT2D eigenvalue weighted by molar-refractivity contribution is 0.322. The monoisotopic (exact) mass is 529 g/mol. The van der Waals surface area contributed by atoms with Crippen molar-refractivity contribution >= 4 is 39.8 Å². The van der Waals surface area contributed by atoms with E-state index in [2.05, 4.69) is 15.6 Å². The van der Waals surface area contributed by atoms with Crippen LogP contribution in [-0.2, 0) is 16.4 Å². The van der Waals surface area contributed by atoms with Crippen LogP contribution in [0.5, 0.6) is 17.2 Å². The van der Waals surface area contributed by atoms with Gasteiger partial charge in [0.1, 0.15) is 9.84 Å². The van der Waals surface area contributed by atoms with Crippen molar-refractivity contribution in [1.82, 2.24) is 10.6 Å². The van der Waals surface area contributed by atoms with Gasteiger partial charge in [-0.25, -0.2) is 13.4 Å². The Morgan fingerprint density at radius 2 is 1.79 bits per heavy atom. The standard InChI is InChI=1S/C18H31N3O5S.HI/c1-7-19-18(21-13(2)10-11-27(6,22)23)20-12-14-8-9-15(24-3)17(26-5)16(14)25-4;/h8-9,13H,7,10-12H2,1-6H3,(H2,19,20,21);1H. The van der Waals surface area contributed by atoms with E-state index in [1.165, 1.54) is 6.26 Å². The van der Waals surface area contributed by atoms with Gasteiger partial charge in [0.05, 0.1) is 33.6 Å². The van der Waals surface area contributed by atoms with Crippen LogP contribution in [0.15, 0.2) is 17.1 Å². The zero-order valence-corrected chi connectivity index (χ0v) is 20.5. The summed E-state index contributed by atoms with van der Waals surface area (Å²) in [7, 11) is 1.71. The molecule has 0 radical (unpaired) electrons. The summed E-state index contributed by atoms with van der Waals surface area (Å²) < 4.78 is 38.8. The number of nitrogens with zero attached hydrogens (tertiary/aromatic N) is 1. The van der Waals surface area contributed by atoms with E-state index in [1.54, 1.807) is 27.4 Å². The van der Waals surface area contributed by atoms with Gasteiger partial charge >= 0.3 is 0 Å². The number of guanidine groups is 1. The molecule has 28 heavy (non-hydrogen) atoms. The number of aliphatic imine (C=N–C) groups is 1. The van der Waals surface area contributed by atoms with Crippen molar-refractivity contribution in [2.75, 3.05) is 39.9 Å². The second-order valence-electron chi connectivity index (χ2n) is 6.15. The number of methoxy groups -OCH3 is 3. The van der Waals surface area contributed by atoms with Gasteiger partial charge in [-0.3, -0.25) is 0 Å². The Kier molecular flexibility index (Phi) is 12.3. The molecule has 0 heterocycles. The van der Waals surface area contributed by atoms with Gasteiger partial charge in [0.25, 0.3) is 0 Å². The minimum absolute atomic E-state index is 0. The molecule has 0 aliphatic rings. The molecule has 1 aromatic rings. The summed E-state index contributed by atoms with van der Waals surface area (Å²) in [4.78, 5) is 4.58. The molecule has 10 heteroatoms. The summed E-state index contributed by atoms with van der Waals surface area (Å²) in [6, 6.07) is 3.64. The summed E-state index contributed by atoms with van der Waals surface area (Å²) in [6.45, 7) is 4.94. The number of ether oxygens (including phenoxy) is 3. The summed E-state index contributed by atoms with van der Waals surface area (Å²) >= 11 is 0. The lowest BCUT2D eigenvalue weighted by Crippen LogP contribution is -2.42. The van der Waals surface area contributed by atoms with Gasteiger partial charge in [0, 0.05) is 24.4 Å². The molecule has 162 valence electrons. The molecular formula is C18H32IN3O5S. The molecular weight excluding hydrogens is 497 g/mol. The highest BCUT2D eigenvalue weighted by atomic mass is 127. The molecule has 0 saturated heterocycles. The quantitative estimate of drug-likeness (QED) is 0.273. The Morgan fingerprint density at radius 1 is 1.14 bits per heavy atom. The smallest absolute Gasteiger partial charge is 0.203 e. The highest BCUT2D eigenvalue weighted by Gasteiger charge is 2.16. The topological polar surface area (TPSA) is 98.2 Å². The highest BCUT2D eigenvalue weighted by molar-refractivity contribution is 14.0. The highest BCUT2D eigenvalue weighted by Crippen LogP contribution is 2.39. The second kappa shape index (κ2) is 12.9. The normalized spacial score (nSPS) is 12.6. The SMILES string of the molecule is CCNC(=NCc1ccc(OC)c(OC)c1OC)NC(C)CCS(C)(=O)=O.I. The number of halogens is 1. The maximum atomic E-state index is 11.3. The number of sulfone groups is 1. The molecule has 0 aliphatic heterocycles. The number of hydrogen-bond acceptors (Lipinski definition) is 6. The fourth-order valence-corrected chi connectivity index (χ4v) is 3.25. The average Bonchev–Trinajstić information content (AvgIpc) is 2.63. The van der Waals surface area contributed by atoms with Gasteiger partial charge < -0.3 is 24.8 Å². The second-order valence-corrected chi connectivity index (χ2v) is 8.41. The van der Waals surface area contributed by atoms with Crippen LogP contribution in [-0.4, -0.2) is 60.3 Å². The van der Waals surface area contributed by atoms with Gasteiger partial charge in [-0.2, -0.15) is 0 Å². The molecule has 1 rings (SSSR count). The van der Waals surface area contributed by atoms with Gasteiger partial charge in [-0.1, -0.05) is 0 Å². The molecule has 8 nitrogen and oxygen atoms in total. The largest absolute Gasteiger partial charge is 0.493 e. The van der Waals surface area contributed by atoms with Gasteiger partial charge in [-0.05, 0) is 32.4 Å². The van der Waals surface area contributed by atoms with E-state index in [0.29, 0.717) is 42.7 Å². The van der Waals surface area contributed by atoms with Crippen molar-refractivity contribution in [2.24, 2.45) is 4.99 Å². The van der Waals surface area contributed by atoms with Crippen LogP contribution in [0.1, 0.15) is 25.8 Å². The molecule has 0 aliphatic carbocycles. The van der Waals surface area contributed by atoms with E-state index >= 15 is 0 Å². The Morgan fingerprint density at radius 3 is 2.29 bits per heavy atom. The predicted molar refractivity (Wildman–Crippen MR) is 123 cm³/mol. The maximum Gasteiger partial charge on any atom is 0.203 e. The summed E-state index contributed by atoms with van der Waals surface area (Å²) in [5.74, 6) is 2.41. The third kappa shape index (κ3) is 8.72. The predicted octanol–water partition coefficient (Wildman–Crippen LogP) is 2.21. The van der Waals surface area contributed by atoms with Crippen LogP contribution in [0, 0.1) is 0 Å². The minimum atomic E-state index is -2.99. The lowest BCUT2D eigenvalue weighted by Gasteiger charge is -2.18. The molecule has 1 atom stereocenters. The zero-order valence-electron chi connectivity index (χ0n) is 17.4.